The summed E-state index contributed by atoms with van der Waals surface area (Å²) in [5, 5.41) is 11.8. The molecule has 2 aromatic carbocycles. The fraction of sp³-hybridized carbons (Fsp3) is 0.0526. The lowest BCUT2D eigenvalue weighted by molar-refractivity contribution is -0.384. The number of H-pyrrole nitrogens is 1. The molecule has 26 heavy (non-hydrogen) atoms. The molecule has 128 valence electrons. The first-order valence-electron chi connectivity index (χ1n) is 7.93. The van der Waals surface area contributed by atoms with Crippen molar-refractivity contribution < 1.29 is 4.92 Å². The summed E-state index contributed by atoms with van der Waals surface area (Å²) < 4.78 is 1.75. The highest BCUT2D eigenvalue weighted by Crippen LogP contribution is 2.35. The Morgan fingerprint density at radius 2 is 1.88 bits per heavy atom. The minimum Gasteiger partial charge on any atom is -0.340 e. The summed E-state index contributed by atoms with van der Waals surface area (Å²) in [6.07, 6.45) is 3.36. The van der Waals surface area contributed by atoms with Crippen molar-refractivity contribution >= 4 is 16.6 Å². The number of rotatable bonds is 3. The van der Waals surface area contributed by atoms with Gasteiger partial charge in [-0.3, -0.25) is 14.9 Å². The standard InChI is InChI=1S/C19H14N4O3/c1-22-10-16(20-11-22)18-17(12-5-3-2-4-6-12)14-9-13(23(25)26)7-8-15(14)21-19(18)24/h2-11H,1H3,(H,21,24). The number of nitrogens with zero attached hydrogens (tertiary/aromatic N) is 3. The van der Waals surface area contributed by atoms with Crippen molar-refractivity contribution in [1.29, 1.82) is 0 Å². The molecule has 0 amide bonds. The van der Waals surface area contributed by atoms with Crippen LogP contribution in [0.4, 0.5) is 5.69 Å². The summed E-state index contributed by atoms with van der Waals surface area (Å²) >= 11 is 0. The van der Waals surface area contributed by atoms with Gasteiger partial charge in [0.05, 0.1) is 22.5 Å². The molecule has 0 aliphatic rings. The highest BCUT2D eigenvalue weighted by atomic mass is 16.6. The van der Waals surface area contributed by atoms with Crippen molar-refractivity contribution in [2.45, 2.75) is 0 Å². The van der Waals surface area contributed by atoms with Gasteiger partial charge in [0.2, 0.25) is 0 Å². The average Bonchev–Trinajstić information content (AvgIpc) is 3.06. The first-order chi connectivity index (χ1) is 12.5. The Bertz CT molecular complexity index is 1190. The number of aromatic nitrogens is 3. The maximum atomic E-state index is 12.8. The molecule has 0 bridgehead atoms. The van der Waals surface area contributed by atoms with Gasteiger partial charge in [0.15, 0.2) is 0 Å². The Balaban J connectivity index is 2.17. The van der Waals surface area contributed by atoms with Crippen LogP contribution in [0.3, 0.4) is 0 Å². The van der Waals surface area contributed by atoms with Gasteiger partial charge in [0.25, 0.3) is 11.2 Å². The van der Waals surface area contributed by atoms with E-state index in [0.717, 1.165) is 5.56 Å². The molecule has 0 atom stereocenters. The highest BCUT2D eigenvalue weighted by Gasteiger charge is 2.19. The molecule has 0 unspecified atom stereocenters. The van der Waals surface area contributed by atoms with E-state index in [1.165, 1.54) is 12.1 Å². The fourth-order valence-electron chi connectivity index (χ4n) is 3.09. The first-order valence-corrected chi connectivity index (χ1v) is 7.93. The van der Waals surface area contributed by atoms with Crippen molar-refractivity contribution in [3.63, 3.8) is 0 Å². The Labute approximate surface area is 147 Å². The average molecular weight is 346 g/mol. The number of imidazole rings is 1. The summed E-state index contributed by atoms with van der Waals surface area (Å²) in [7, 11) is 1.82. The van der Waals surface area contributed by atoms with Crippen LogP contribution in [0.2, 0.25) is 0 Å². The van der Waals surface area contributed by atoms with E-state index >= 15 is 0 Å². The fourth-order valence-corrected chi connectivity index (χ4v) is 3.09. The quantitative estimate of drug-likeness (QED) is 0.454. The predicted molar refractivity (Wildman–Crippen MR) is 98.9 cm³/mol. The number of non-ortho nitro benzene ring substituents is 1. The van der Waals surface area contributed by atoms with Gasteiger partial charge in [-0.25, -0.2) is 4.98 Å². The Morgan fingerprint density at radius 3 is 2.54 bits per heavy atom. The lowest BCUT2D eigenvalue weighted by Gasteiger charge is -2.11. The van der Waals surface area contributed by atoms with Crippen LogP contribution in [0.5, 0.6) is 0 Å². The van der Waals surface area contributed by atoms with E-state index in [1.54, 1.807) is 23.2 Å². The SMILES string of the molecule is Cn1cnc(-c2c(-c3ccccc3)c3cc([N+](=O)[O-])ccc3[nH]c2=O)c1. The zero-order chi connectivity index (χ0) is 18.3. The molecule has 7 heteroatoms. The minimum atomic E-state index is -0.445. The topological polar surface area (TPSA) is 93.8 Å². The molecule has 0 saturated carbocycles. The molecule has 0 spiro atoms. The summed E-state index contributed by atoms with van der Waals surface area (Å²) in [4.78, 5) is 30.7. The second-order valence-electron chi connectivity index (χ2n) is 5.98. The third kappa shape index (κ3) is 2.55. The highest BCUT2D eigenvalue weighted by molar-refractivity contribution is 6.02. The van der Waals surface area contributed by atoms with Crippen molar-refractivity contribution in [1.82, 2.24) is 14.5 Å². The number of nitro benzene ring substituents is 1. The van der Waals surface area contributed by atoms with E-state index in [1.807, 2.05) is 37.4 Å². The number of benzene rings is 2. The maximum Gasteiger partial charge on any atom is 0.270 e. The van der Waals surface area contributed by atoms with Crippen molar-refractivity contribution in [2.24, 2.45) is 7.05 Å². The number of aryl methyl sites for hydroxylation is 1. The molecular weight excluding hydrogens is 332 g/mol. The van der Waals surface area contributed by atoms with Gasteiger partial charge in [0, 0.05) is 41.8 Å². The molecule has 0 aliphatic heterocycles. The number of nitro groups is 1. The third-order valence-corrected chi connectivity index (χ3v) is 4.23. The van der Waals surface area contributed by atoms with Crippen LogP contribution in [-0.4, -0.2) is 19.5 Å². The van der Waals surface area contributed by atoms with Gasteiger partial charge >= 0.3 is 0 Å². The number of hydrogen-bond donors (Lipinski definition) is 1. The van der Waals surface area contributed by atoms with Crippen LogP contribution in [0.25, 0.3) is 33.3 Å². The Kier molecular flexibility index (Phi) is 3.62. The van der Waals surface area contributed by atoms with Crippen LogP contribution < -0.4 is 5.56 Å². The molecule has 0 aliphatic carbocycles. The zero-order valence-electron chi connectivity index (χ0n) is 13.8. The third-order valence-electron chi connectivity index (χ3n) is 4.23. The van der Waals surface area contributed by atoms with Crippen LogP contribution >= 0.6 is 0 Å². The van der Waals surface area contributed by atoms with E-state index in [4.69, 9.17) is 0 Å². The summed E-state index contributed by atoms with van der Waals surface area (Å²) in [6.45, 7) is 0. The molecule has 7 nitrogen and oxygen atoms in total. The van der Waals surface area contributed by atoms with Crippen molar-refractivity contribution in [3.8, 4) is 22.4 Å². The number of hydrogen-bond acceptors (Lipinski definition) is 4. The number of pyridine rings is 1. The van der Waals surface area contributed by atoms with Gasteiger partial charge in [-0.15, -0.1) is 0 Å². The monoisotopic (exact) mass is 346 g/mol. The van der Waals surface area contributed by atoms with Gasteiger partial charge in [0.1, 0.15) is 0 Å². The van der Waals surface area contributed by atoms with E-state index < -0.39 is 4.92 Å². The second kappa shape index (κ2) is 5.96. The molecule has 0 fully saturated rings. The van der Waals surface area contributed by atoms with E-state index in [2.05, 4.69) is 9.97 Å². The lowest BCUT2D eigenvalue weighted by atomic mass is 9.94. The smallest absolute Gasteiger partial charge is 0.270 e. The number of fused-ring (bicyclic) bond motifs is 1. The lowest BCUT2D eigenvalue weighted by Crippen LogP contribution is -2.11. The molecule has 1 N–H and O–H groups in total. The van der Waals surface area contributed by atoms with Crippen LogP contribution in [0, 0.1) is 10.1 Å². The summed E-state index contributed by atoms with van der Waals surface area (Å²) in [5.41, 5.74) is 2.55. The van der Waals surface area contributed by atoms with Crippen LogP contribution in [0.15, 0.2) is 65.8 Å². The molecule has 4 aromatic rings. The van der Waals surface area contributed by atoms with E-state index in [0.29, 0.717) is 27.7 Å². The molecule has 2 aromatic heterocycles. The van der Waals surface area contributed by atoms with Gasteiger partial charge in [-0.1, -0.05) is 30.3 Å². The first kappa shape index (κ1) is 15.8. The van der Waals surface area contributed by atoms with Crippen LogP contribution in [0.1, 0.15) is 0 Å². The summed E-state index contributed by atoms with van der Waals surface area (Å²) in [5.74, 6) is 0. The van der Waals surface area contributed by atoms with Crippen LogP contribution in [-0.2, 0) is 7.05 Å². The Morgan fingerprint density at radius 1 is 1.12 bits per heavy atom. The van der Waals surface area contributed by atoms with Gasteiger partial charge in [-0.2, -0.15) is 0 Å². The molecule has 0 saturated heterocycles. The largest absolute Gasteiger partial charge is 0.340 e. The molecular formula is C19H14N4O3. The number of aromatic amines is 1. The zero-order valence-corrected chi connectivity index (χ0v) is 13.8. The van der Waals surface area contributed by atoms with E-state index in [9.17, 15) is 14.9 Å². The molecule has 4 rings (SSSR count). The minimum absolute atomic E-state index is 0.0336. The molecule has 2 heterocycles. The maximum absolute atomic E-state index is 12.8. The summed E-state index contributed by atoms with van der Waals surface area (Å²) in [6, 6.07) is 13.8. The molecule has 0 radical (unpaired) electrons. The van der Waals surface area contributed by atoms with E-state index in [-0.39, 0.29) is 11.2 Å². The predicted octanol–water partition coefficient (Wildman–Crippen LogP) is 3.50. The van der Waals surface area contributed by atoms with Crippen molar-refractivity contribution in [3.05, 3.63) is 81.5 Å². The van der Waals surface area contributed by atoms with Gasteiger partial charge in [-0.05, 0) is 11.6 Å². The van der Waals surface area contributed by atoms with Gasteiger partial charge < -0.3 is 9.55 Å². The Hall–Kier alpha value is -3.74. The van der Waals surface area contributed by atoms with Crippen molar-refractivity contribution in [2.75, 3.05) is 0 Å². The normalized spacial score (nSPS) is 11.0. The number of nitrogens with one attached hydrogen (secondary N) is 1. The second-order valence-corrected chi connectivity index (χ2v) is 5.98.